The fraction of sp³-hybridized carbons (Fsp3) is 0.143. The van der Waals surface area contributed by atoms with E-state index in [-0.39, 0.29) is 5.82 Å². The molecule has 96 valence electrons. The molecule has 0 fully saturated rings. The van der Waals surface area contributed by atoms with E-state index >= 15 is 0 Å². The van der Waals surface area contributed by atoms with E-state index in [2.05, 4.69) is 9.97 Å². The number of benzene rings is 1. The number of hydrogen-bond donors (Lipinski definition) is 1. The number of imidazole rings is 1. The minimum atomic E-state index is -0.285. The average molecular weight is 256 g/mol. The van der Waals surface area contributed by atoms with Crippen LogP contribution in [0.2, 0.25) is 0 Å². The highest BCUT2D eigenvalue weighted by atomic mass is 19.1. The lowest BCUT2D eigenvalue weighted by atomic mass is 10.1. The fourth-order valence-corrected chi connectivity index (χ4v) is 2.11. The molecular formula is C14H13FN4. The van der Waals surface area contributed by atoms with Gasteiger partial charge >= 0.3 is 0 Å². The summed E-state index contributed by atoms with van der Waals surface area (Å²) < 4.78 is 15.7. The molecular weight excluding hydrogens is 243 g/mol. The van der Waals surface area contributed by atoms with Crippen molar-refractivity contribution in [2.45, 2.75) is 13.5 Å². The third-order valence-corrected chi connectivity index (χ3v) is 3.10. The average Bonchev–Trinajstić information content (AvgIpc) is 2.85. The number of rotatable bonds is 2. The first kappa shape index (κ1) is 11.8. The zero-order valence-corrected chi connectivity index (χ0v) is 10.5. The SMILES string of the molecule is Cc1ncc(-c2ccccc2F)c2nc(CN)cn12. The molecule has 3 aromatic rings. The molecule has 0 radical (unpaired) electrons. The van der Waals surface area contributed by atoms with Crippen LogP contribution in [0.1, 0.15) is 11.5 Å². The second-order valence-electron chi connectivity index (χ2n) is 4.33. The Morgan fingerprint density at radius 3 is 2.79 bits per heavy atom. The number of nitrogens with two attached hydrogens (primary N) is 1. The van der Waals surface area contributed by atoms with Crippen LogP contribution in [0.3, 0.4) is 0 Å². The quantitative estimate of drug-likeness (QED) is 0.765. The molecule has 2 aromatic heterocycles. The van der Waals surface area contributed by atoms with Crippen molar-refractivity contribution in [3.8, 4) is 11.1 Å². The maximum absolute atomic E-state index is 13.9. The summed E-state index contributed by atoms with van der Waals surface area (Å²) in [4.78, 5) is 8.73. The number of nitrogens with zero attached hydrogens (tertiary/aromatic N) is 3. The van der Waals surface area contributed by atoms with Gasteiger partial charge in [0.05, 0.1) is 5.69 Å². The predicted molar refractivity (Wildman–Crippen MR) is 71.0 cm³/mol. The van der Waals surface area contributed by atoms with E-state index in [1.54, 1.807) is 24.4 Å². The molecule has 4 nitrogen and oxygen atoms in total. The van der Waals surface area contributed by atoms with Crippen LogP contribution < -0.4 is 5.73 Å². The Balaban J connectivity index is 2.33. The second kappa shape index (κ2) is 4.44. The third-order valence-electron chi connectivity index (χ3n) is 3.10. The summed E-state index contributed by atoms with van der Waals surface area (Å²) in [5.74, 6) is 0.509. The highest BCUT2D eigenvalue weighted by molar-refractivity contribution is 5.77. The lowest BCUT2D eigenvalue weighted by Crippen LogP contribution is -1.97. The van der Waals surface area contributed by atoms with Crippen molar-refractivity contribution in [2.24, 2.45) is 5.73 Å². The maximum Gasteiger partial charge on any atom is 0.148 e. The van der Waals surface area contributed by atoms with Gasteiger partial charge in [0.2, 0.25) is 0 Å². The minimum Gasteiger partial charge on any atom is -0.325 e. The van der Waals surface area contributed by atoms with E-state index in [9.17, 15) is 4.39 Å². The van der Waals surface area contributed by atoms with Crippen LogP contribution in [0.5, 0.6) is 0 Å². The van der Waals surface area contributed by atoms with E-state index in [0.717, 1.165) is 11.5 Å². The standard InChI is InChI=1S/C14H13FN4/c1-9-17-7-12(11-4-2-3-5-13(11)15)14-18-10(6-16)8-19(9)14/h2-5,7-8H,6,16H2,1H3. The Morgan fingerprint density at radius 2 is 2.05 bits per heavy atom. The summed E-state index contributed by atoms with van der Waals surface area (Å²) in [6.07, 6.45) is 3.48. The van der Waals surface area contributed by atoms with Crippen molar-refractivity contribution >= 4 is 5.65 Å². The van der Waals surface area contributed by atoms with E-state index in [1.165, 1.54) is 6.07 Å². The lowest BCUT2D eigenvalue weighted by Gasteiger charge is -2.06. The normalized spacial score (nSPS) is 11.1. The Hall–Kier alpha value is -2.27. The summed E-state index contributed by atoms with van der Waals surface area (Å²) in [5, 5.41) is 0. The Bertz CT molecular complexity index is 748. The molecule has 3 rings (SSSR count). The molecule has 0 bridgehead atoms. The minimum absolute atomic E-state index is 0.285. The molecule has 0 saturated carbocycles. The van der Waals surface area contributed by atoms with Gasteiger partial charge in [-0.05, 0) is 13.0 Å². The van der Waals surface area contributed by atoms with Gasteiger partial charge in [0.25, 0.3) is 0 Å². The van der Waals surface area contributed by atoms with Gasteiger partial charge in [-0.1, -0.05) is 18.2 Å². The van der Waals surface area contributed by atoms with E-state index < -0.39 is 0 Å². The molecule has 0 atom stereocenters. The summed E-state index contributed by atoms with van der Waals surface area (Å²) >= 11 is 0. The van der Waals surface area contributed by atoms with Crippen molar-refractivity contribution in [1.29, 1.82) is 0 Å². The van der Waals surface area contributed by atoms with Crippen molar-refractivity contribution < 1.29 is 4.39 Å². The molecule has 2 heterocycles. The molecule has 0 saturated heterocycles. The Labute approximate surface area is 109 Å². The van der Waals surface area contributed by atoms with E-state index in [1.807, 2.05) is 17.5 Å². The lowest BCUT2D eigenvalue weighted by molar-refractivity contribution is 0.631. The highest BCUT2D eigenvalue weighted by Crippen LogP contribution is 2.26. The molecule has 0 aliphatic rings. The van der Waals surface area contributed by atoms with Crippen LogP contribution in [-0.2, 0) is 6.54 Å². The van der Waals surface area contributed by atoms with Crippen LogP contribution >= 0.6 is 0 Å². The van der Waals surface area contributed by atoms with E-state index in [0.29, 0.717) is 23.3 Å². The van der Waals surface area contributed by atoms with Crippen LogP contribution in [0, 0.1) is 12.7 Å². The summed E-state index contributed by atoms with van der Waals surface area (Å²) in [6, 6.07) is 6.60. The van der Waals surface area contributed by atoms with Gasteiger partial charge in [-0.25, -0.2) is 14.4 Å². The molecule has 2 N–H and O–H groups in total. The Kier molecular flexibility index (Phi) is 2.76. The largest absolute Gasteiger partial charge is 0.325 e. The molecule has 0 aliphatic carbocycles. The van der Waals surface area contributed by atoms with Crippen LogP contribution in [-0.4, -0.2) is 14.4 Å². The van der Waals surface area contributed by atoms with Crippen molar-refractivity contribution in [3.63, 3.8) is 0 Å². The molecule has 0 spiro atoms. The molecule has 0 unspecified atom stereocenters. The number of fused-ring (bicyclic) bond motifs is 1. The van der Waals surface area contributed by atoms with Gasteiger partial charge in [-0.2, -0.15) is 0 Å². The smallest absolute Gasteiger partial charge is 0.148 e. The maximum atomic E-state index is 13.9. The van der Waals surface area contributed by atoms with Crippen molar-refractivity contribution in [3.05, 3.63) is 54.0 Å². The van der Waals surface area contributed by atoms with Gasteiger partial charge < -0.3 is 5.73 Å². The first-order chi connectivity index (χ1) is 9.20. The highest BCUT2D eigenvalue weighted by Gasteiger charge is 2.13. The van der Waals surface area contributed by atoms with Gasteiger partial charge in [0.1, 0.15) is 17.3 Å². The first-order valence-corrected chi connectivity index (χ1v) is 5.99. The summed E-state index contributed by atoms with van der Waals surface area (Å²) in [6.45, 7) is 2.22. The molecule has 19 heavy (non-hydrogen) atoms. The van der Waals surface area contributed by atoms with Crippen LogP contribution in [0.25, 0.3) is 16.8 Å². The molecule has 0 aliphatic heterocycles. The van der Waals surface area contributed by atoms with E-state index in [4.69, 9.17) is 5.73 Å². The number of hydrogen-bond acceptors (Lipinski definition) is 3. The van der Waals surface area contributed by atoms with Crippen LogP contribution in [0.4, 0.5) is 4.39 Å². The molecule has 5 heteroatoms. The zero-order chi connectivity index (χ0) is 13.4. The molecule has 0 amide bonds. The van der Waals surface area contributed by atoms with Crippen molar-refractivity contribution in [1.82, 2.24) is 14.4 Å². The predicted octanol–water partition coefficient (Wildman–Crippen LogP) is 2.30. The number of aryl methyl sites for hydroxylation is 1. The van der Waals surface area contributed by atoms with Gasteiger partial charge in [-0.15, -0.1) is 0 Å². The monoisotopic (exact) mass is 256 g/mol. The topological polar surface area (TPSA) is 56.2 Å². The van der Waals surface area contributed by atoms with Gasteiger partial charge in [-0.3, -0.25) is 4.40 Å². The summed E-state index contributed by atoms with van der Waals surface area (Å²) in [5.41, 5.74) is 8.21. The Morgan fingerprint density at radius 1 is 1.26 bits per heavy atom. The fourth-order valence-electron chi connectivity index (χ4n) is 2.11. The molecule has 1 aromatic carbocycles. The summed E-state index contributed by atoms with van der Waals surface area (Å²) in [7, 11) is 0. The zero-order valence-electron chi connectivity index (χ0n) is 10.5. The van der Waals surface area contributed by atoms with Crippen molar-refractivity contribution in [2.75, 3.05) is 0 Å². The van der Waals surface area contributed by atoms with Crippen LogP contribution in [0.15, 0.2) is 36.7 Å². The van der Waals surface area contributed by atoms with Gasteiger partial charge in [0.15, 0.2) is 0 Å². The number of aromatic nitrogens is 3. The first-order valence-electron chi connectivity index (χ1n) is 5.99. The number of halogens is 1. The third kappa shape index (κ3) is 1.88. The second-order valence-corrected chi connectivity index (χ2v) is 4.33. The van der Waals surface area contributed by atoms with Gasteiger partial charge in [0, 0.05) is 30.1 Å².